The second-order valence-electron chi connectivity index (χ2n) is 5.14. The van der Waals surface area contributed by atoms with Crippen molar-refractivity contribution < 1.29 is 13.5 Å². The lowest BCUT2D eigenvalue weighted by molar-refractivity contribution is 0.127. The Hall–Kier alpha value is -1.27. The molecule has 1 aromatic rings. The lowest BCUT2D eigenvalue weighted by Crippen LogP contribution is -2.32. The number of hydrogen-bond acceptors (Lipinski definition) is 4. The smallest absolute Gasteiger partial charge is 0.229 e. The first-order valence-corrected chi connectivity index (χ1v) is 8.66. The number of rotatable bonds is 8. The summed E-state index contributed by atoms with van der Waals surface area (Å²) in [6.07, 6.45) is 2.84. The van der Waals surface area contributed by atoms with Gasteiger partial charge in [-0.25, -0.2) is 8.42 Å². The molecule has 0 saturated heterocycles. The van der Waals surface area contributed by atoms with Crippen LogP contribution < -0.4 is 10.0 Å². The van der Waals surface area contributed by atoms with E-state index in [0.29, 0.717) is 12.2 Å². The van der Waals surface area contributed by atoms with E-state index in [1.165, 1.54) is 0 Å². The number of aliphatic hydroxyl groups excluding tert-OH is 1. The molecular formula is C14H24N2O3S. The minimum absolute atomic E-state index is 0.106. The molecule has 0 spiro atoms. The lowest BCUT2D eigenvalue weighted by Gasteiger charge is -2.30. The first kappa shape index (κ1) is 16.8. The van der Waals surface area contributed by atoms with Crippen molar-refractivity contribution in [1.29, 1.82) is 0 Å². The van der Waals surface area contributed by atoms with Crippen LogP contribution in [-0.4, -0.2) is 32.9 Å². The van der Waals surface area contributed by atoms with E-state index in [9.17, 15) is 13.5 Å². The van der Waals surface area contributed by atoms with Gasteiger partial charge in [-0.2, -0.15) is 0 Å². The van der Waals surface area contributed by atoms with Gasteiger partial charge in [0.2, 0.25) is 10.0 Å². The van der Waals surface area contributed by atoms with Gasteiger partial charge in [-0.05, 0) is 25.0 Å². The Morgan fingerprint density at radius 1 is 1.15 bits per heavy atom. The summed E-state index contributed by atoms with van der Waals surface area (Å²) in [5.74, 6) is 0. The molecule has 0 aliphatic heterocycles. The zero-order valence-electron chi connectivity index (χ0n) is 12.3. The van der Waals surface area contributed by atoms with Crippen LogP contribution in [0, 0.1) is 5.41 Å². The van der Waals surface area contributed by atoms with Gasteiger partial charge in [0.25, 0.3) is 0 Å². The number of para-hydroxylation sites is 2. The molecule has 20 heavy (non-hydrogen) atoms. The molecule has 1 rings (SSSR count). The summed E-state index contributed by atoms with van der Waals surface area (Å²) in [6.45, 7) is 4.79. The van der Waals surface area contributed by atoms with Gasteiger partial charge in [0.05, 0.1) is 24.2 Å². The predicted molar refractivity (Wildman–Crippen MR) is 83.5 cm³/mol. The van der Waals surface area contributed by atoms with E-state index in [4.69, 9.17) is 0 Å². The highest BCUT2D eigenvalue weighted by Crippen LogP contribution is 2.28. The molecule has 0 unspecified atom stereocenters. The second kappa shape index (κ2) is 6.95. The molecule has 114 valence electrons. The Bertz CT molecular complexity index is 517. The zero-order valence-corrected chi connectivity index (χ0v) is 13.1. The molecule has 0 aliphatic rings. The standard InChI is InChI=1S/C14H24N2O3S/c1-4-14(5-2,11-17)10-15-12-8-6-7-9-13(12)16-20(3,18)19/h6-9,15-17H,4-5,10-11H2,1-3H3. The van der Waals surface area contributed by atoms with Crippen molar-refractivity contribution in [1.82, 2.24) is 0 Å². The van der Waals surface area contributed by atoms with Crippen LogP contribution >= 0.6 is 0 Å². The Morgan fingerprint density at radius 3 is 2.15 bits per heavy atom. The quantitative estimate of drug-likeness (QED) is 0.688. The summed E-state index contributed by atoms with van der Waals surface area (Å²) in [4.78, 5) is 0. The van der Waals surface area contributed by atoms with E-state index in [1.807, 2.05) is 26.0 Å². The number of hydrogen-bond donors (Lipinski definition) is 3. The van der Waals surface area contributed by atoms with Crippen LogP contribution in [0.5, 0.6) is 0 Å². The highest BCUT2D eigenvalue weighted by Gasteiger charge is 2.25. The maximum atomic E-state index is 11.3. The van der Waals surface area contributed by atoms with Crippen LogP contribution in [0.4, 0.5) is 11.4 Å². The number of nitrogens with one attached hydrogen (secondary N) is 2. The van der Waals surface area contributed by atoms with Gasteiger partial charge in [0.1, 0.15) is 0 Å². The molecule has 0 saturated carbocycles. The summed E-state index contributed by atoms with van der Waals surface area (Å²) >= 11 is 0. The molecule has 0 bridgehead atoms. The second-order valence-corrected chi connectivity index (χ2v) is 6.89. The van der Waals surface area contributed by atoms with Crippen molar-refractivity contribution in [2.24, 2.45) is 5.41 Å². The monoisotopic (exact) mass is 300 g/mol. The Labute approximate surface area is 121 Å². The van der Waals surface area contributed by atoms with Crippen molar-refractivity contribution in [2.75, 3.05) is 29.4 Å². The molecule has 0 aliphatic carbocycles. The molecule has 0 atom stereocenters. The van der Waals surface area contributed by atoms with Crippen molar-refractivity contribution in [2.45, 2.75) is 26.7 Å². The topological polar surface area (TPSA) is 78.4 Å². The molecule has 3 N–H and O–H groups in total. The first-order valence-electron chi connectivity index (χ1n) is 6.77. The van der Waals surface area contributed by atoms with Gasteiger partial charge in [-0.3, -0.25) is 4.72 Å². The summed E-state index contributed by atoms with van der Waals surface area (Å²) in [5.41, 5.74) is 1.06. The molecule has 5 nitrogen and oxygen atoms in total. The van der Waals surface area contributed by atoms with E-state index < -0.39 is 10.0 Å². The fraction of sp³-hybridized carbons (Fsp3) is 0.571. The fourth-order valence-corrected chi connectivity index (χ4v) is 2.57. The highest BCUT2D eigenvalue weighted by molar-refractivity contribution is 7.92. The maximum absolute atomic E-state index is 11.3. The number of aliphatic hydroxyl groups is 1. The number of benzene rings is 1. The van der Waals surface area contributed by atoms with Crippen LogP contribution in [-0.2, 0) is 10.0 Å². The maximum Gasteiger partial charge on any atom is 0.229 e. The lowest BCUT2D eigenvalue weighted by atomic mass is 9.83. The first-order chi connectivity index (χ1) is 9.36. The average Bonchev–Trinajstić information content (AvgIpc) is 2.41. The summed E-state index contributed by atoms with van der Waals surface area (Å²) in [6, 6.07) is 7.15. The van der Waals surface area contributed by atoms with Crippen LogP contribution in [0.1, 0.15) is 26.7 Å². The SMILES string of the molecule is CCC(CC)(CO)CNc1ccccc1NS(C)(=O)=O. The number of sulfonamides is 1. The molecule has 0 aromatic heterocycles. The Morgan fingerprint density at radius 2 is 1.70 bits per heavy atom. The number of anilines is 2. The molecule has 1 aromatic carbocycles. The molecule has 0 heterocycles. The predicted octanol–water partition coefficient (Wildman–Crippen LogP) is 2.27. The van der Waals surface area contributed by atoms with Crippen molar-refractivity contribution in [3.05, 3.63) is 24.3 Å². The summed E-state index contributed by atoms with van der Waals surface area (Å²) in [5, 5.41) is 12.8. The Kier molecular flexibility index (Phi) is 5.83. The van der Waals surface area contributed by atoms with Gasteiger partial charge >= 0.3 is 0 Å². The zero-order chi connectivity index (χ0) is 15.2. The van der Waals surface area contributed by atoms with Crippen LogP contribution in [0.25, 0.3) is 0 Å². The van der Waals surface area contributed by atoms with E-state index in [0.717, 1.165) is 24.8 Å². The molecular weight excluding hydrogens is 276 g/mol. The van der Waals surface area contributed by atoms with Gasteiger partial charge in [-0.1, -0.05) is 26.0 Å². The third kappa shape index (κ3) is 4.68. The molecule has 0 radical (unpaired) electrons. The van der Waals surface area contributed by atoms with Gasteiger partial charge in [-0.15, -0.1) is 0 Å². The van der Waals surface area contributed by atoms with Crippen molar-refractivity contribution in [3.63, 3.8) is 0 Å². The van der Waals surface area contributed by atoms with E-state index >= 15 is 0 Å². The molecule has 0 fully saturated rings. The summed E-state index contributed by atoms with van der Waals surface area (Å²) in [7, 11) is -3.31. The van der Waals surface area contributed by atoms with E-state index in [-0.39, 0.29) is 12.0 Å². The fourth-order valence-electron chi connectivity index (χ4n) is 1.99. The minimum atomic E-state index is -3.31. The van der Waals surface area contributed by atoms with E-state index in [2.05, 4.69) is 10.0 Å². The van der Waals surface area contributed by atoms with Gasteiger partial charge in [0.15, 0.2) is 0 Å². The van der Waals surface area contributed by atoms with Crippen LogP contribution in [0.2, 0.25) is 0 Å². The molecule has 6 heteroatoms. The van der Waals surface area contributed by atoms with Crippen molar-refractivity contribution >= 4 is 21.4 Å². The van der Waals surface area contributed by atoms with Gasteiger partial charge in [0, 0.05) is 12.0 Å². The third-order valence-corrected chi connectivity index (χ3v) is 4.30. The Balaban J connectivity index is 2.88. The molecule has 0 amide bonds. The van der Waals surface area contributed by atoms with Gasteiger partial charge < -0.3 is 10.4 Å². The van der Waals surface area contributed by atoms with Crippen LogP contribution in [0.15, 0.2) is 24.3 Å². The van der Waals surface area contributed by atoms with E-state index in [1.54, 1.807) is 12.1 Å². The normalized spacial score (nSPS) is 12.2. The van der Waals surface area contributed by atoms with Crippen molar-refractivity contribution in [3.8, 4) is 0 Å². The average molecular weight is 300 g/mol. The third-order valence-electron chi connectivity index (χ3n) is 3.71. The van der Waals surface area contributed by atoms with Crippen LogP contribution in [0.3, 0.4) is 0 Å². The largest absolute Gasteiger partial charge is 0.396 e. The highest BCUT2D eigenvalue weighted by atomic mass is 32.2. The minimum Gasteiger partial charge on any atom is -0.396 e. The summed E-state index contributed by atoms with van der Waals surface area (Å²) < 4.78 is 25.2.